The molecule has 0 fully saturated rings. The fraction of sp³-hybridized carbons (Fsp3) is 0.0588. The smallest absolute Gasteiger partial charge is 0.272 e. The van der Waals surface area contributed by atoms with Crippen LogP contribution in [0.3, 0.4) is 0 Å². The third-order valence-corrected chi connectivity index (χ3v) is 3.22. The number of benzene rings is 1. The minimum Gasteiger partial charge on any atom is -0.272 e. The Bertz CT molecular complexity index is 822. The molecule has 3 rings (SSSR count). The zero-order chi connectivity index (χ0) is 16.1. The van der Waals surface area contributed by atoms with Gasteiger partial charge in [0.05, 0.1) is 17.6 Å². The number of hydrazone groups is 1. The Morgan fingerprint density at radius 2 is 2.04 bits per heavy atom. The van der Waals surface area contributed by atoms with E-state index in [4.69, 9.17) is 0 Å². The molecule has 0 aliphatic rings. The summed E-state index contributed by atoms with van der Waals surface area (Å²) in [6, 6.07) is 15.1. The molecule has 0 saturated carbocycles. The van der Waals surface area contributed by atoms with Gasteiger partial charge >= 0.3 is 0 Å². The van der Waals surface area contributed by atoms with Crippen molar-refractivity contribution in [1.82, 2.24) is 20.6 Å². The van der Waals surface area contributed by atoms with E-state index in [0.29, 0.717) is 17.1 Å². The third-order valence-electron chi connectivity index (χ3n) is 3.22. The second-order valence-corrected chi connectivity index (χ2v) is 4.99. The maximum atomic E-state index is 12.0. The zero-order valence-corrected chi connectivity index (χ0v) is 12.5. The van der Waals surface area contributed by atoms with E-state index in [1.165, 1.54) is 11.8 Å². The quantitative estimate of drug-likeness (QED) is 0.574. The van der Waals surface area contributed by atoms with Crippen molar-refractivity contribution >= 4 is 12.1 Å². The van der Waals surface area contributed by atoms with E-state index >= 15 is 0 Å². The van der Waals surface area contributed by atoms with Crippen molar-refractivity contribution in [2.45, 2.75) is 6.92 Å². The summed E-state index contributed by atoms with van der Waals surface area (Å²) in [5, 5.41) is 10.7. The van der Waals surface area contributed by atoms with Gasteiger partial charge in [-0.2, -0.15) is 10.2 Å². The number of aromatic amines is 1. The Kier molecular flexibility index (Phi) is 4.24. The van der Waals surface area contributed by atoms with Crippen LogP contribution in [0, 0.1) is 6.92 Å². The van der Waals surface area contributed by atoms with Gasteiger partial charge in [0, 0.05) is 11.8 Å². The normalized spacial score (nSPS) is 10.8. The first-order chi connectivity index (χ1) is 11.2. The molecule has 6 heteroatoms. The summed E-state index contributed by atoms with van der Waals surface area (Å²) >= 11 is 0. The highest BCUT2D eigenvalue weighted by Gasteiger charge is 2.10. The van der Waals surface area contributed by atoms with Crippen LogP contribution in [0.15, 0.2) is 59.8 Å². The molecule has 0 spiro atoms. The Hall–Kier alpha value is -3.28. The van der Waals surface area contributed by atoms with Crippen molar-refractivity contribution in [2.24, 2.45) is 5.10 Å². The maximum Gasteiger partial charge on any atom is 0.289 e. The van der Waals surface area contributed by atoms with Crippen LogP contribution >= 0.6 is 0 Å². The average molecular weight is 305 g/mol. The number of pyridine rings is 1. The van der Waals surface area contributed by atoms with Crippen LogP contribution < -0.4 is 5.43 Å². The first-order valence-corrected chi connectivity index (χ1v) is 7.09. The summed E-state index contributed by atoms with van der Waals surface area (Å²) in [6.07, 6.45) is 3.14. The number of carbonyl (C=O) groups is 1. The number of H-pyrrole nitrogens is 1. The molecule has 114 valence electrons. The van der Waals surface area contributed by atoms with Gasteiger partial charge in [-0.25, -0.2) is 5.43 Å². The summed E-state index contributed by atoms with van der Waals surface area (Å²) < 4.78 is 0. The lowest BCUT2D eigenvalue weighted by atomic mass is 10.1. The lowest BCUT2D eigenvalue weighted by Crippen LogP contribution is -2.18. The van der Waals surface area contributed by atoms with E-state index in [1.807, 2.05) is 43.3 Å². The number of aryl methyl sites for hydroxylation is 1. The van der Waals surface area contributed by atoms with Crippen LogP contribution in [0.1, 0.15) is 21.7 Å². The first kappa shape index (κ1) is 14.6. The fourth-order valence-electron chi connectivity index (χ4n) is 1.98. The van der Waals surface area contributed by atoms with Gasteiger partial charge in [0.25, 0.3) is 5.91 Å². The molecule has 1 aromatic carbocycles. The topological polar surface area (TPSA) is 83.0 Å². The van der Waals surface area contributed by atoms with Gasteiger partial charge < -0.3 is 0 Å². The van der Waals surface area contributed by atoms with Crippen LogP contribution in [-0.4, -0.2) is 27.3 Å². The van der Waals surface area contributed by atoms with Crippen molar-refractivity contribution in [3.8, 4) is 11.3 Å². The highest BCUT2D eigenvalue weighted by molar-refractivity contribution is 5.93. The van der Waals surface area contributed by atoms with Gasteiger partial charge in [-0.05, 0) is 25.1 Å². The molecule has 1 amide bonds. The Balaban J connectivity index is 1.67. The van der Waals surface area contributed by atoms with Crippen molar-refractivity contribution in [3.05, 3.63) is 71.7 Å². The van der Waals surface area contributed by atoms with Crippen LogP contribution in [0.5, 0.6) is 0 Å². The molecule has 2 heterocycles. The minimum absolute atomic E-state index is 0.346. The van der Waals surface area contributed by atoms with Gasteiger partial charge in [0.1, 0.15) is 5.69 Å². The average Bonchev–Trinajstić information content (AvgIpc) is 3.06. The predicted molar refractivity (Wildman–Crippen MR) is 88.1 cm³/mol. The number of amides is 1. The number of aromatic nitrogens is 3. The summed E-state index contributed by atoms with van der Waals surface area (Å²) in [5.74, 6) is -0.358. The molecule has 0 aliphatic carbocycles. The maximum absolute atomic E-state index is 12.0. The standard InChI is InChI=1S/C17H15N5O/c1-12-5-7-13(8-6-12)15-10-16(21-20-15)17(23)22-19-11-14-4-2-3-9-18-14/h2-11H,1H3,(H,20,21)(H,22,23). The number of hydrogen-bond acceptors (Lipinski definition) is 4. The monoisotopic (exact) mass is 305 g/mol. The van der Waals surface area contributed by atoms with Gasteiger partial charge in [0.15, 0.2) is 0 Å². The van der Waals surface area contributed by atoms with E-state index in [2.05, 4.69) is 25.7 Å². The van der Waals surface area contributed by atoms with Crippen molar-refractivity contribution < 1.29 is 4.79 Å². The van der Waals surface area contributed by atoms with Crippen LogP contribution in [0.4, 0.5) is 0 Å². The molecule has 0 saturated heterocycles. The van der Waals surface area contributed by atoms with Gasteiger partial charge in [-0.3, -0.25) is 14.9 Å². The van der Waals surface area contributed by atoms with E-state index in [0.717, 1.165) is 5.56 Å². The number of nitrogens with one attached hydrogen (secondary N) is 2. The molecular weight excluding hydrogens is 290 g/mol. The van der Waals surface area contributed by atoms with Gasteiger partial charge in [0.2, 0.25) is 0 Å². The molecule has 0 unspecified atom stereocenters. The number of rotatable bonds is 4. The van der Waals surface area contributed by atoms with E-state index in [-0.39, 0.29) is 5.91 Å². The predicted octanol–water partition coefficient (Wildman–Crippen LogP) is 2.54. The van der Waals surface area contributed by atoms with Crippen LogP contribution in [0.25, 0.3) is 11.3 Å². The first-order valence-electron chi connectivity index (χ1n) is 7.09. The van der Waals surface area contributed by atoms with E-state index < -0.39 is 0 Å². The summed E-state index contributed by atoms with van der Waals surface area (Å²) in [7, 11) is 0. The lowest BCUT2D eigenvalue weighted by Gasteiger charge is -1.96. The summed E-state index contributed by atoms with van der Waals surface area (Å²) in [4.78, 5) is 16.1. The Labute approximate surface area is 133 Å². The Morgan fingerprint density at radius 1 is 1.22 bits per heavy atom. The molecular formula is C17H15N5O. The number of carbonyl (C=O) groups excluding carboxylic acids is 1. The Morgan fingerprint density at radius 3 is 2.78 bits per heavy atom. The fourth-order valence-corrected chi connectivity index (χ4v) is 1.98. The molecule has 0 aliphatic heterocycles. The number of hydrogen-bond donors (Lipinski definition) is 2. The van der Waals surface area contributed by atoms with E-state index in [9.17, 15) is 4.79 Å². The molecule has 6 nitrogen and oxygen atoms in total. The molecule has 23 heavy (non-hydrogen) atoms. The largest absolute Gasteiger partial charge is 0.289 e. The minimum atomic E-state index is -0.358. The summed E-state index contributed by atoms with van der Waals surface area (Å²) in [5.41, 5.74) is 6.28. The number of nitrogens with zero attached hydrogens (tertiary/aromatic N) is 3. The third kappa shape index (κ3) is 3.68. The second kappa shape index (κ2) is 6.65. The summed E-state index contributed by atoms with van der Waals surface area (Å²) in [6.45, 7) is 2.02. The molecule has 2 aromatic heterocycles. The van der Waals surface area contributed by atoms with Crippen molar-refractivity contribution in [3.63, 3.8) is 0 Å². The molecule has 3 aromatic rings. The van der Waals surface area contributed by atoms with Crippen molar-refractivity contribution in [2.75, 3.05) is 0 Å². The lowest BCUT2D eigenvalue weighted by molar-refractivity contribution is 0.0950. The SMILES string of the molecule is Cc1ccc(-c2cc(C(=O)NN=Cc3ccccn3)[nH]n2)cc1. The zero-order valence-electron chi connectivity index (χ0n) is 12.5. The van der Waals surface area contributed by atoms with Crippen LogP contribution in [-0.2, 0) is 0 Å². The van der Waals surface area contributed by atoms with Gasteiger partial charge in [-0.1, -0.05) is 35.9 Å². The van der Waals surface area contributed by atoms with Crippen LogP contribution in [0.2, 0.25) is 0 Å². The van der Waals surface area contributed by atoms with Crippen molar-refractivity contribution in [1.29, 1.82) is 0 Å². The highest BCUT2D eigenvalue weighted by Crippen LogP contribution is 2.18. The van der Waals surface area contributed by atoms with E-state index in [1.54, 1.807) is 18.3 Å². The highest BCUT2D eigenvalue weighted by atomic mass is 16.2. The molecule has 2 N–H and O–H groups in total. The molecule has 0 atom stereocenters. The van der Waals surface area contributed by atoms with Gasteiger partial charge in [-0.15, -0.1) is 0 Å². The molecule has 0 radical (unpaired) electrons. The second-order valence-electron chi connectivity index (χ2n) is 4.99. The molecule has 0 bridgehead atoms.